The van der Waals surface area contributed by atoms with Crippen LogP contribution in [0.25, 0.3) is 11.0 Å². The van der Waals surface area contributed by atoms with Crippen LogP contribution in [0.5, 0.6) is 0 Å². The predicted octanol–water partition coefficient (Wildman–Crippen LogP) is 1.93. The van der Waals surface area contributed by atoms with Crippen LogP contribution in [0.3, 0.4) is 0 Å². The molecule has 2 aromatic rings. The fourth-order valence-electron chi connectivity index (χ4n) is 2.05. The van der Waals surface area contributed by atoms with Gasteiger partial charge >= 0.3 is 0 Å². The summed E-state index contributed by atoms with van der Waals surface area (Å²) in [7, 11) is 0. The Kier molecular flexibility index (Phi) is 5.11. The molecule has 0 saturated carbocycles. The van der Waals surface area contributed by atoms with Crippen molar-refractivity contribution < 1.29 is 14.3 Å². The first-order chi connectivity index (χ1) is 10.1. The van der Waals surface area contributed by atoms with E-state index in [1.165, 1.54) is 6.07 Å². The molecule has 21 heavy (non-hydrogen) atoms. The van der Waals surface area contributed by atoms with Crippen LogP contribution in [0.4, 0.5) is 0 Å². The fraction of sp³-hybridized carbons (Fsp3) is 0.375. The van der Waals surface area contributed by atoms with Gasteiger partial charge in [0.2, 0.25) is 0 Å². The molecule has 1 atom stereocenters. The number of hydrogen-bond donors (Lipinski definition) is 2. The van der Waals surface area contributed by atoms with Gasteiger partial charge in [-0.15, -0.1) is 0 Å². The number of rotatable bonds is 6. The molecule has 1 amide bonds. The summed E-state index contributed by atoms with van der Waals surface area (Å²) in [4.78, 5) is 23.9. The van der Waals surface area contributed by atoms with Crippen molar-refractivity contribution >= 4 is 16.9 Å². The number of aliphatic hydroxyl groups is 1. The third-order valence-electron chi connectivity index (χ3n) is 3.33. The Morgan fingerprint density at radius 1 is 1.38 bits per heavy atom. The van der Waals surface area contributed by atoms with E-state index in [0.29, 0.717) is 17.5 Å². The Bertz CT molecular complexity index is 677. The first kappa shape index (κ1) is 15.3. The third kappa shape index (κ3) is 3.92. The summed E-state index contributed by atoms with van der Waals surface area (Å²) < 4.78 is 5.45. The highest BCUT2D eigenvalue weighted by molar-refractivity contribution is 5.93. The molecule has 112 valence electrons. The average molecular weight is 289 g/mol. The van der Waals surface area contributed by atoms with Crippen molar-refractivity contribution in [1.82, 2.24) is 5.32 Å². The molecule has 0 saturated heterocycles. The number of aliphatic hydroxyl groups excluding tert-OH is 1. The minimum atomic E-state index is -0.394. The summed E-state index contributed by atoms with van der Waals surface area (Å²) in [5.74, 6) is -0.149. The summed E-state index contributed by atoms with van der Waals surface area (Å²) in [6, 6.07) is 8.05. The third-order valence-corrected chi connectivity index (χ3v) is 3.33. The predicted molar refractivity (Wildman–Crippen MR) is 80.3 cm³/mol. The highest BCUT2D eigenvalue weighted by atomic mass is 16.3. The second kappa shape index (κ2) is 7.04. The molecular weight excluding hydrogens is 270 g/mol. The topological polar surface area (TPSA) is 79.5 Å². The van der Waals surface area contributed by atoms with E-state index in [1.54, 1.807) is 24.3 Å². The van der Waals surface area contributed by atoms with Gasteiger partial charge < -0.3 is 14.8 Å². The highest BCUT2D eigenvalue weighted by Gasteiger charge is 2.11. The van der Waals surface area contributed by atoms with Crippen LogP contribution >= 0.6 is 0 Å². The Hall–Kier alpha value is -2.14. The minimum absolute atomic E-state index is 0.0221. The van der Waals surface area contributed by atoms with Gasteiger partial charge in [-0.1, -0.05) is 19.1 Å². The molecule has 0 aliphatic heterocycles. The summed E-state index contributed by atoms with van der Waals surface area (Å²) in [6.45, 7) is 2.58. The number of amides is 1. The van der Waals surface area contributed by atoms with Crippen molar-refractivity contribution in [3.63, 3.8) is 0 Å². The van der Waals surface area contributed by atoms with E-state index in [-0.39, 0.29) is 23.7 Å². The molecule has 0 aliphatic rings. The Morgan fingerprint density at radius 3 is 2.90 bits per heavy atom. The number of nitrogens with one attached hydrogen (secondary N) is 1. The number of para-hydroxylation sites is 1. The van der Waals surface area contributed by atoms with Gasteiger partial charge in [-0.3, -0.25) is 9.59 Å². The van der Waals surface area contributed by atoms with Gasteiger partial charge in [0, 0.05) is 19.2 Å². The summed E-state index contributed by atoms with van der Waals surface area (Å²) in [5, 5.41) is 12.1. The van der Waals surface area contributed by atoms with Gasteiger partial charge in [-0.05, 0) is 30.9 Å². The normalized spacial score (nSPS) is 12.3. The molecule has 1 heterocycles. The van der Waals surface area contributed by atoms with Crippen molar-refractivity contribution in [2.24, 2.45) is 5.92 Å². The quantitative estimate of drug-likeness (QED) is 0.796. The van der Waals surface area contributed by atoms with E-state index in [2.05, 4.69) is 5.32 Å². The molecule has 0 bridgehead atoms. The van der Waals surface area contributed by atoms with Gasteiger partial charge in [0.15, 0.2) is 11.2 Å². The maximum Gasteiger partial charge on any atom is 0.287 e. The second-order valence-corrected chi connectivity index (χ2v) is 5.16. The van der Waals surface area contributed by atoms with Crippen molar-refractivity contribution in [3.8, 4) is 0 Å². The summed E-state index contributed by atoms with van der Waals surface area (Å²) >= 11 is 0. The number of carbonyl (C=O) groups is 1. The van der Waals surface area contributed by atoms with Crippen LogP contribution in [0.2, 0.25) is 0 Å². The lowest BCUT2D eigenvalue weighted by atomic mass is 10.1. The van der Waals surface area contributed by atoms with E-state index in [0.717, 1.165) is 12.8 Å². The molecule has 1 aromatic heterocycles. The van der Waals surface area contributed by atoms with Crippen molar-refractivity contribution in [2.45, 2.75) is 19.8 Å². The van der Waals surface area contributed by atoms with Gasteiger partial charge in [-0.25, -0.2) is 0 Å². The van der Waals surface area contributed by atoms with Crippen LogP contribution in [-0.2, 0) is 0 Å². The van der Waals surface area contributed by atoms with Crippen molar-refractivity contribution in [2.75, 3.05) is 13.2 Å². The van der Waals surface area contributed by atoms with E-state index < -0.39 is 5.91 Å². The average Bonchev–Trinajstić information content (AvgIpc) is 2.51. The SMILES string of the molecule is CC(CO)CCCNC(=O)c1cc(=O)c2ccccc2o1. The zero-order chi connectivity index (χ0) is 15.2. The lowest BCUT2D eigenvalue weighted by Crippen LogP contribution is -2.25. The Labute approximate surface area is 122 Å². The maximum absolute atomic E-state index is 12.0. The molecule has 0 aliphatic carbocycles. The molecule has 0 fully saturated rings. The van der Waals surface area contributed by atoms with E-state index >= 15 is 0 Å². The van der Waals surface area contributed by atoms with Gasteiger partial charge in [0.1, 0.15) is 5.58 Å². The Morgan fingerprint density at radius 2 is 2.14 bits per heavy atom. The number of fused-ring (bicyclic) bond motifs is 1. The fourth-order valence-corrected chi connectivity index (χ4v) is 2.05. The zero-order valence-corrected chi connectivity index (χ0v) is 12.0. The van der Waals surface area contributed by atoms with Gasteiger partial charge in [0.05, 0.1) is 5.39 Å². The smallest absolute Gasteiger partial charge is 0.287 e. The number of carbonyl (C=O) groups excluding carboxylic acids is 1. The lowest BCUT2D eigenvalue weighted by Gasteiger charge is -2.08. The van der Waals surface area contributed by atoms with Gasteiger partial charge in [-0.2, -0.15) is 0 Å². The maximum atomic E-state index is 12.0. The monoisotopic (exact) mass is 289 g/mol. The highest BCUT2D eigenvalue weighted by Crippen LogP contribution is 2.11. The molecule has 1 unspecified atom stereocenters. The first-order valence-corrected chi connectivity index (χ1v) is 7.03. The molecule has 0 spiro atoms. The second-order valence-electron chi connectivity index (χ2n) is 5.16. The lowest BCUT2D eigenvalue weighted by molar-refractivity contribution is 0.0925. The van der Waals surface area contributed by atoms with Crippen LogP contribution in [0.1, 0.15) is 30.3 Å². The molecule has 2 N–H and O–H groups in total. The standard InChI is InChI=1S/C16H19NO4/c1-11(10-18)5-4-8-17-16(20)15-9-13(19)12-6-2-3-7-14(12)21-15/h2-3,6-7,9,11,18H,4-5,8,10H2,1H3,(H,17,20). The minimum Gasteiger partial charge on any atom is -0.451 e. The van der Waals surface area contributed by atoms with Crippen LogP contribution in [0, 0.1) is 5.92 Å². The van der Waals surface area contributed by atoms with Crippen LogP contribution < -0.4 is 10.7 Å². The largest absolute Gasteiger partial charge is 0.451 e. The zero-order valence-electron chi connectivity index (χ0n) is 12.0. The molecule has 2 rings (SSSR count). The molecule has 5 heteroatoms. The Balaban J connectivity index is 2.01. The molecule has 0 radical (unpaired) electrons. The molecular formula is C16H19NO4. The van der Waals surface area contributed by atoms with E-state index in [4.69, 9.17) is 9.52 Å². The van der Waals surface area contributed by atoms with Gasteiger partial charge in [0.25, 0.3) is 5.91 Å². The van der Waals surface area contributed by atoms with E-state index in [9.17, 15) is 9.59 Å². The molecule has 5 nitrogen and oxygen atoms in total. The first-order valence-electron chi connectivity index (χ1n) is 7.03. The van der Waals surface area contributed by atoms with E-state index in [1.807, 2.05) is 6.92 Å². The van der Waals surface area contributed by atoms with Crippen LogP contribution in [0.15, 0.2) is 39.5 Å². The summed E-state index contributed by atoms with van der Waals surface area (Å²) in [6.07, 6.45) is 1.60. The van der Waals surface area contributed by atoms with Crippen molar-refractivity contribution in [1.29, 1.82) is 0 Å². The van der Waals surface area contributed by atoms with Crippen molar-refractivity contribution in [3.05, 3.63) is 46.3 Å². The number of benzene rings is 1. The van der Waals surface area contributed by atoms with Crippen LogP contribution in [-0.4, -0.2) is 24.2 Å². The summed E-state index contributed by atoms with van der Waals surface area (Å²) in [5.41, 5.74) is 0.181. The number of hydrogen-bond acceptors (Lipinski definition) is 4. The molecule has 1 aromatic carbocycles.